The first-order valence-electron chi connectivity index (χ1n) is 6.91. The van der Waals surface area contributed by atoms with E-state index in [1.807, 2.05) is 0 Å². The highest BCUT2D eigenvalue weighted by Crippen LogP contribution is 2.28. The van der Waals surface area contributed by atoms with Crippen LogP contribution >= 0.6 is 0 Å². The summed E-state index contributed by atoms with van der Waals surface area (Å²) < 4.78 is 0. The third-order valence-corrected chi connectivity index (χ3v) is 4.26. The molecule has 0 heterocycles. The molecule has 1 rings (SSSR count). The lowest BCUT2D eigenvalue weighted by Gasteiger charge is -2.33. The molecule has 0 aromatic carbocycles. The second kappa shape index (κ2) is 5.86. The molecule has 0 aromatic rings. The lowest BCUT2D eigenvalue weighted by atomic mass is 9.83. The Bertz CT molecular complexity index is 238. The van der Waals surface area contributed by atoms with Gasteiger partial charge in [0.1, 0.15) is 0 Å². The molecular formula is C15H29N. The maximum absolute atomic E-state index is 3.78. The summed E-state index contributed by atoms with van der Waals surface area (Å²) in [6.07, 6.45) is 7.53. The minimum Gasteiger partial charge on any atom is -0.311 e. The summed E-state index contributed by atoms with van der Waals surface area (Å²) in [4.78, 5) is 0. The maximum Gasteiger partial charge on any atom is 0.0148 e. The van der Waals surface area contributed by atoms with Gasteiger partial charge in [-0.05, 0) is 57.9 Å². The lowest BCUT2D eigenvalue weighted by Crippen LogP contribution is -2.44. The van der Waals surface area contributed by atoms with Gasteiger partial charge in [-0.25, -0.2) is 0 Å². The predicted octanol–water partition coefficient (Wildman–Crippen LogP) is 4.15. The van der Waals surface area contributed by atoms with Crippen LogP contribution < -0.4 is 5.32 Å². The van der Waals surface area contributed by atoms with E-state index in [4.69, 9.17) is 0 Å². The van der Waals surface area contributed by atoms with Crippen molar-refractivity contribution in [3.05, 3.63) is 11.6 Å². The van der Waals surface area contributed by atoms with E-state index >= 15 is 0 Å². The molecule has 94 valence electrons. The van der Waals surface area contributed by atoms with Gasteiger partial charge in [0.05, 0.1) is 0 Å². The number of rotatable bonds is 5. The second-order valence-electron chi connectivity index (χ2n) is 5.94. The summed E-state index contributed by atoms with van der Waals surface area (Å²) in [5, 5.41) is 3.78. The number of hydrogen-bond donors (Lipinski definition) is 1. The van der Waals surface area contributed by atoms with Crippen LogP contribution in [-0.2, 0) is 0 Å². The highest BCUT2D eigenvalue weighted by molar-refractivity contribution is 5.06. The highest BCUT2D eigenvalue weighted by atomic mass is 15.0. The zero-order valence-electron chi connectivity index (χ0n) is 11.8. The van der Waals surface area contributed by atoms with Crippen LogP contribution in [0.1, 0.15) is 60.3 Å². The first kappa shape index (κ1) is 13.8. The summed E-state index contributed by atoms with van der Waals surface area (Å²) in [5.41, 5.74) is 1.93. The monoisotopic (exact) mass is 223 g/mol. The quantitative estimate of drug-likeness (QED) is 0.691. The molecule has 0 bridgehead atoms. The number of nitrogens with one attached hydrogen (secondary N) is 1. The topological polar surface area (TPSA) is 12.0 Å². The van der Waals surface area contributed by atoms with Gasteiger partial charge >= 0.3 is 0 Å². The second-order valence-corrected chi connectivity index (χ2v) is 5.94. The third-order valence-electron chi connectivity index (χ3n) is 4.26. The lowest BCUT2D eigenvalue weighted by molar-refractivity contribution is 0.283. The van der Waals surface area contributed by atoms with Crippen LogP contribution in [0.3, 0.4) is 0 Å². The van der Waals surface area contributed by atoms with Crippen LogP contribution in [0.2, 0.25) is 0 Å². The molecule has 0 saturated carbocycles. The molecule has 1 aliphatic rings. The van der Waals surface area contributed by atoms with Gasteiger partial charge in [-0.15, -0.1) is 0 Å². The Hall–Kier alpha value is -0.300. The molecule has 0 amide bonds. The molecule has 0 saturated heterocycles. The Labute approximate surface area is 102 Å². The Kier molecular flexibility index (Phi) is 5.04. The van der Waals surface area contributed by atoms with Gasteiger partial charge in [0, 0.05) is 5.54 Å². The Morgan fingerprint density at radius 2 is 2.00 bits per heavy atom. The summed E-state index contributed by atoms with van der Waals surface area (Å²) in [6, 6.07) is 0. The van der Waals surface area contributed by atoms with Crippen molar-refractivity contribution in [2.45, 2.75) is 65.8 Å². The minimum absolute atomic E-state index is 0.346. The zero-order chi connectivity index (χ0) is 12.2. The van der Waals surface area contributed by atoms with Gasteiger partial charge in [0.2, 0.25) is 0 Å². The van der Waals surface area contributed by atoms with Crippen molar-refractivity contribution in [3.8, 4) is 0 Å². The van der Waals surface area contributed by atoms with Crippen LogP contribution in [0, 0.1) is 11.8 Å². The largest absolute Gasteiger partial charge is 0.311 e. The van der Waals surface area contributed by atoms with Crippen molar-refractivity contribution in [2.75, 3.05) is 6.54 Å². The van der Waals surface area contributed by atoms with Gasteiger partial charge in [0.15, 0.2) is 0 Å². The fourth-order valence-electron chi connectivity index (χ4n) is 2.73. The van der Waals surface area contributed by atoms with Crippen molar-refractivity contribution in [2.24, 2.45) is 11.8 Å². The van der Waals surface area contributed by atoms with Crippen LogP contribution in [0.25, 0.3) is 0 Å². The van der Waals surface area contributed by atoms with E-state index < -0.39 is 0 Å². The van der Waals surface area contributed by atoms with E-state index in [1.54, 1.807) is 5.57 Å². The van der Waals surface area contributed by atoms with Crippen LogP contribution in [0.4, 0.5) is 0 Å². The van der Waals surface area contributed by atoms with Gasteiger partial charge in [-0.1, -0.05) is 32.4 Å². The molecule has 0 aliphatic heterocycles. The Morgan fingerprint density at radius 1 is 1.38 bits per heavy atom. The molecule has 1 aliphatic carbocycles. The third kappa shape index (κ3) is 3.93. The van der Waals surface area contributed by atoms with Crippen molar-refractivity contribution in [1.29, 1.82) is 0 Å². The van der Waals surface area contributed by atoms with E-state index in [0.29, 0.717) is 5.54 Å². The van der Waals surface area contributed by atoms with Crippen molar-refractivity contribution >= 4 is 0 Å². The molecule has 0 fully saturated rings. The standard InChI is InChI=1S/C15H29N/c1-6-15(5,7-2)16-11-14-9-12(3)8-13(4)10-14/h8,12,14,16H,6-7,9-11H2,1-5H3. The molecule has 16 heavy (non-hydrogen) atoms. The molecular weight excluding hydrogens is 194 g/mol. The summed E-state index contributed by atoms with van der Waals surface area (Å²) in [6.45, 7) is 12.7. The smallest absolute Gasteiger partial charge is 0.0148 e. The van der Waals surface area contributed by atoms with Gasteiger partial charge in [-0.3, -0.25) is 0 Å². The molecule has 0 spiro atoms. The van der Waals surface area contributed by atoms with Crippen LogP contribution in [-0.4, -0.2) is 12.1 Å². The maximum atomic E-state index is 3.78. The van der Waals surface area contributed by atoms with Crippen molar-refractivity contribution in [3.63, 3.8) is 0 Å². The highest BCUT2D eigenvalue weighted by Gasteiger charge is 2.23. The molecule has 2 unspecified atom stereocenters. The first-order valence-corrected chi connectivity index (χ1v) is 6.91. The minimum atomic E-state index is 0.346. The fraction of sp³-hybridized carbons (Fsp3) is 0.867. The molecule has 0 radical (unpaired) electrons. The molecule has 1 nitrogen and oxygen atoms in total. The zero-order valence-corrected chi connectivity index (χ0v) is 11.8. The van der Waals surface area contributed by atoms with Gasteiger partial charge in [0.25, 0.3) is 0 Å². The van der Waals surface area contributed by atoms with Gasteiger partial charge in [-0.2, -0.15) is 0 Å². The molecule has 1 heteroatoms. The van der Waals surface area contributed by atoms with E-state index in [2.05, 4.69) is 46.0 Å². The van der Waals surface area contributed by atoms with Crippen molar-refractivity contribution < 1.29 is 0 Å². The predicted molar refractivity (Wildman–Crippen MR) is 72.6 cm³/mol. The molecule has 0 aromatic heterocycles. The number of hydrogen-bond acceptors (Lipinski definition) is 1. The first-order chi connectivity index (χ1) is 7.49. The van der Waals surface area contributed by atoms with Crippen molar-refractivity contribution in [1.82, 2.24) is 5.32 Å². The summed E-state index contributed by atoms with van der Waals surface area (Å²) in [7, 11) is 0. The molecule has 1 N–H and O–H groups in total. The Morgan fingerprint density at radius 3 is 2.50 bits per heavy atom. The van der Waals surface area contributed by atoms with E-state index in [-0.39, 0.29) is 0 Å². The van der Waals surface area contributed by atoms with E-state index in [0.717, 1.165) is 11.8 Å². The van der Waals surface area contributed by atoms with E-state index in [9.17, 15) is 0 Å². The van der Waals surface area contributed by atoms with E-state index in [1.165, 1.54) is 32.2 Å². The summed E-state index contributed by atoms with van der Waals surface area (Å²) >= 11 is 0. The summed E-state index contributed by atoms with van der Waals surface area (Å²) in [5.74, 6) is 1.62. The molecule has 2 atom stereocenters. The van der Waals surface area contributed by atoms with Crippen LogP contribution in [0.15, 0.2) is 11.6 Å². The average molecular weight is 223 g/mol. The normalized spacial score (nSPS) is 26.7. The number of allylic oxidation sites excluding steroid dienone is 2. The van der Waals surface area contributed by atoms with Crippen LogP contribution in [0.5, 0.6) is 0 Å². The average Bonchev–Trinajstić information content (AvgIpc) is 2.25. The SMILES string of the molecule is CCC(C)(CC)NCC1CC(C)=CC(C)C1. The van der Waals surface area contributed by atoms with Gasteiger partial charge < -0.3 is 5.32 Å². The Balaban J connectivity index is 2.42. The fourth-order valence-corrected chi connectivity index (χ4v) is 2.73.